The molecule has 0 aliphatic heterocycles. The molecule has 0 radical (unpaired) electrons. The fraction of sp³-hybridized carbons (Fsp3) is 0.562. The smallest absolute Gasteiger partial charge is 0.107 e. The van der Waals surface area contributed by atoms with E-state index < -0.39 is 0 Å². The van der Waals surface area contributed by atoms with Gasteiger partial charge in [0.15, 0.2) is 0 Å². The van der Waals surface area contributed by atoms with Gasteiger partial charge in [0, 0.05) is 6.04 Å². The summed E-state index contributed by atoms with van der Waals surface area (Å²) < 4.78 is 2.32. The monoisotopic (exact) mass is 259 g/mol. The van der Waals surface area contributed by atoms with Gasteiger partial charge in [-0.1, -0.05) is 39.8 Å². The van der Waals surface area contributed by atoms with E-state index in [4.69, 9.17) is 5.73 Å². The second-order valence-corrected chi connectivity index (χ2v) is 6.40. The predicted molar refractivity (Wildman–Crippen MR) is 81.2 cm³/mol. The van der Waals surface area contributed by atoms with E-state index in [1.807, 2.05) is 6.07 Å². The Hall–Kier alpha value is -1.35. The molecule has 104 valence electrons. The zero-order valence-electron chi connectivity index (χ0n) is 12.6. The quantitative estimate of drug-likeness (QED) is 0.914. The average molecular weight is 259 g/mol. The zero-order valence-corrected chi connectivity index (χ0v) is 12.6. The summed E-state index contributed by atoms with van der Waals surface area (Å²) in [7, 11) is 0. The summed E-state index contributed by atoms with van der Waals surface area (Å²) in [6.07, 6.45) is 0.966. The van der Waals surface area contributed by atoms with Crippen molar-refractivity contribution in [2.24, 2.45) is 11.1 Å². The number of para-hydroxylation sites is 2. The van der Waals surface area contributed by atoms with Gasteiger partial charge in [0.2, 0.25) is 0 Å². The lowest BCUT2D eigenvalue weighted by atomic mass is 9.81. The first-order chi connectivity index (χ1) is 8.86. The summed E-state index contributed by atoms with van der Waals surface area (Å²) in [6, 6.07) is 8.69. The Morgan fingerprint density at radius 2 is 1.89 bits per heavy atom. The van der Waals surface area contributed by atoms with Crippen molar-refractivity contribution in [2.45, 2.75) is 53.1 Å². The third-order valence-electron chi connectivity index (χ3n) is 3.81. The predicted octanol–water partition coefficient (Wildman–Crippen LogP) is 3.67. The molecule has 0 fully saturated rings. The summed E-state index contributed by atoms with van der Waals surface area (Å²) >= 11 is 0. The molecule has 2 unspecified atom stereocenters. The van der Waals surface area contributed by atoms with E-state index in [0.29, 0.717) is 0 Å². The molecule has 0 aliphatic rings. The minimum Gasteiger partial charge on any atom is -0.326 e. The third-order valence-corrected chi connectivity index (χ3v) is 3.81. The summed E-state index contributed by atoms with van der Waals surface area (Å²) in [5.41, 5.74) is 8.74. The van der Waals surface area contributed by atoms with Crippen molar-refractivity contribution in [3.63, 3.8) is 0 Å². The minimum absolute atomic E-state index is 0.101. The van der Waals surface area contributed by atoms with Gasteiger partial charge in [-0.25, -0.2) is 4.98 Å². The van der Waals surface area contributed by atoms with Crippen molar-refractivity contribution < 1.29 is 0 Å². The molecule has 1 heterocycles. The van der Waals surface area contributed by atoms with Gasteiger partial charge in [-0.3, -0.25) is 0 Å². The second kappa shape index (κ2) is 4.97. The Kier molecular flexibility index (Phi) is 3.68. The first-order valence-electron chi connectivity index (χ1n) is 7.05. The summed E-state index contributed by atoms with van der Waals surface area (Å²) in [6.45, 7) is 11.0. The van der Waals surface area contributed by atoms with Crippen molar-refractivity contribution in [2.75, 3.05) is 0 Å². The van der Waals surface area contributed by atoms with Crippen LogP contribution in [-0.2, 0) is 0 Å². The molecule has 0 amide bonds. The van der Waals surface area contributed by atoms with E-state index in [1.165, 1.54) is 5.52 Å². The molecule has 0 saturated heterocycles. The second-order valence-electron chi connectivity index (χ2n) is 6.40. The molecule has 0 spiro atoms. The van der Waals surface area contributed by atoms with E-state index in [2.05, 4.69) is 62.4 Å². The number of aryl methyl sites for hydroxylation is 1. The van der Waals surface area contributed by atoms with Gasteiger partial charge in [0.25, 0.3) is 0 Å². The van der Waals surface area contributed by atoms with Gasteiger partial charge in [-0.15, -0.1) is 0 Å². The Bertz CT molecular complexity index is 563. The summed E-state index contributed by atoms with van der Waals surface area (Å²) in [5, 5.41) is 0. The summed E-state index contributed by atoms with van der Waals surface area (Å²) in [4.78, 5) is 4.67. The summed E-state index contributed by atoms with van der Waals surface area (Å²) in [5.74, 6) is 1.05. The molecule has 2 atom stereocenters. The highest BCUT2D eigenvalue weighted by Gasteiger charge is 2.32. The first kappa shape index (κ1) is 14.1. The van der Waals surface area contributed by atoms with Crippen molar-refractivity contribution in [3.8, 4) is 0 Å². The van der Waals surface area contributed by atoms with Crippen LogP contribution in [0.2, 0.25) is 0 Å². The minimum atomic E-state index is 0.101. The van der Waals surface area contributed by atoms with Crippen molar-refractivity contribution in [1.82, 2.24) is 9.55 Å². The maximum absolute atomic E-state index is 6.41. The van der Waals surface area contributed by atoms with E-state index >= 15 is 0 Å². The molecule has 0 saturated carbocycles. The van der Waals surface area contributed by atoms with Gasteiger partial charge < -0.3 is 10.3 Å². The van der Waals surface area contributed by atoms with Gasteiger partial charge in [-0.2, -0.15) is 0 Å². The standard InChI is InChI=1S/C16H25N3/c1-6-12(17)15(16(3,4)5)19-11(2)18-13-9-7-8-10-14(13)19/h7-10,12,15H,6,17H2,1-5H3. The highest BCUT2D eigenvalue weighted by Crippen LogP contribution is 2.36. The lowest BCUT2D eigenvalue weighted by Gasteiger charge is -2.37. The van der Waals surface area contributed by atoms with E-state index in [0.717, 1.165) is 17.8 Å². The van der Waals surface area contributed by atoms with Crippen molar-refractivity contribution in [3.05, 3.63) is 30.1 Å². The lowest BCUT2D eigenvalue weighted by Crippen LogP contribution is -2.40. The average Bonchev–Trinajstić information content (AvgIpc) is 2.65. The number of rotatable bonds is 3. The third kappa shape index (κ3) is 2.52. The van der Waals surface area contributed by atoms with Gasteiger partial charge in [-0.05, 0) is 30.9 Å². The Morgan fingerprint density at radius 1 is 1.26 bits per heavy atom. The molecule has 2 aromatic rings. The normalized spacial score (nSPS) is 15.7. The van der Waals surface area contributed by atoms with E-state index in [9.17, 15) is 0 Å². The van der Waals surface area contributed by atoms with Crippen LogP contribution in [0, 0.1) is 12.3 Å². The van der Waals surface area contributed by atoms with Crippen LogP contribution in [0.1, 0.15) is 46.0 Å². The highest BCUT2D eigenvalue weighted by molar-refractivity contribution is 5.76. The largest absolute Gasteiger partial charge is 0.326 e. The zero-order chi connectivity index (χ0) is 14.2. The number of benzene rings is 1. The van der Waals surface area contributed by atoms with Crippen molar-refractivity contribution in [1.29, 1.82) is 0 Å². The number of nitrogens with zero attached hydrogens (tertiary/aromatic N) is 2. The van der Waals surface area contributed by atoms with Gasteiger partial charge in [0.1, 0.15) is 5.82 Å². The van der Waals surface area contributed by atoms with Crippen LogP contribution in [-0.4, -0.2) is 15.6 Å². The topological polar surface area (TPSA) is 43.8 Å². The molecule has 1 aromatic carbocycles. The Labute approximate surface area is 115 Å². The number of hydrogen-bond acceptors (Lipinski definition) is 2. The van der Waals surface area contributed by atoms with Crippen LogP contribution in [0.25, 0.3) is 11.0 Å². The van der Waals surface area contributed by atoms with E-state index in [-0.39, 0.29) is 17.5 Å². The first-order valence-corrected chi connectivity index (χ1v) is 7.05. The SMILES string of the molecule is CCC(N)C(n1c(C)nc2ccccc21)C(C)(C)C. The molecule has 2 N–H and O–H groups in total. The maximum atomic E-state index is 6.41. The van der Waals surface area contributed by atoms with Crippen molar-refractivity contribution >= 4 is 11.0 Å². The fourth-order valence-electron chi connectivity index (χ4n) is 2.96. The number of hydrogen-bond donors (Lipinski definition) is 1. The lowest BCUT2D eigenvalue weighted by molar-refractivity contribution is 0.203. The number of imidazole rings is 1. The highest BCUT2D eigenvalue weighted by atomic mass is 15.1. The molecule has 3 heteroatoms. The Morgan fingerprint density at radius 3 is 2.47 bits per heavy atom. The molecule has 19 heavy (non-hydrogen) atoms. The van der Waals surface area contributed by atoms with Crippen LogP contribution in [0.5, 0.6) is 0 Å². The molecule has 2 rings (SSSR count). The van der Waals surface area contributed by atoms with Gasteiger partial charge >= 0.3 is 0 Å². The van der Waals surface area contributed by atoms with E-state index in [1.54, 1.807) is 0 Å². The van der Waals surface area contributed by atoms with Crippen LogP contribution in [0.4, 0.5) is 0 Å². The maximum Gasteiger partial charge on any atom is 0.107 e. The molecule has 0 bridgehead atoms. The molecule has 1 aromatic heterocycles. The molecule has 3 nitrogen and oxygen atoms in total. The molecular formula is C16H25N3. The van der Waals surface area contributed by atoms with Crippen LogP contribution in [0.15, 0.2) is 24.3 Å². The van der Waals surface area contributed by atoms with Crippen LogP contribution >= 0.6 is 0 Å². The number of fused-ring (bicyclic) bond motifs is 1. The Balaban J connectivity index is 2.65. The van der Waals surface area contributed by atoms with Crippen LogP contribution in [0.3, 0.4) is 0 Å². The van der Waals surface area contributed by atoms with Crippen LogP contribution < -0.4 is 5.73 Å². The number of aromatic nitrogens is 2. The fourth-order valence-corrected chi connectivity index (χ4v) is 2.96. The number of nitrogens with two attached hydrogens (primary N) is 1. The molecule has 0 aliphatic carbocycles. The van der Waals surface area contributed by atoms with Gasteiger partial charge in [0.05, 0.1) is 17.1 Å². The molecular weight excluding hydrogens is 234 g/mol.